The number of ether oxygens (including phenoxy) is 1. The molecule has 0 aliphatic carbocycles. The lowest BCUT2D eigenvalue weighted by Crippen LogP contribution is -2.30. The van der Waals surface area contributed by atoms with Gasteiger partial charge in [0.25, 0.3) is 5.91 Å². The van der Waals surface area contributed by atoms with E-state index in [2.05, 4.69) is 56.0 Å². The van der Waals surface area contributed by atoms with Crippen LogP contribution in [-0.4, -0.2) is 11.9 Å². The lowest BCUT2D eigenvalue weighted by molar-refractivity contribution is -0.117. The highest BCUT2D eigenvalue weighted by Crippen LogP contribution is 2.33. The second-order valence-electron chi connectivity index (χ2n) is 6.39. The molecule has 140 valence electrons. The van der Waals surface area contributed by atoms with Crippen molar-refractivity contribution in [3.05, 3.63) is 66.7 Å². The maximum atomic E-state index is 12.1. The lowest BCUT2D eigenvalue weighted by atomic mass is 10.1. The van der Waals surface area contributed by atoms with Crippen molar-refractivity contribution < 1.29 is 9.53 Å². The average Bonchev–Trinajstić information content (AvgIpc) is 2.59. The van der Waals surface area contributed by atoms with Gasteiger partial charge in [-0.15, -0.1) is 0 Å². The number of carbonyl (C=O) groups is 1. The first-order valence-corrected chi connectivity index (χ1v) is 10.3. The zero-order valence-corrected chi connectivity index (χ0v) is 19.1. The number of amides is 1. The van der Waals surface area contributed by atoms with Gasteiger partial charge in [-0.3, -0.25) is 4.79 Å². The molecule has 0 atom stereocenters. The van der Waals surface area contributed by atoms with Gasteiger partial charge in [0.2, 0.25) is 0 Å². The molecule has 0 bridgehead atoms. The molecule has 0 aliphatic heterocycles. The summed E-state index contributed by atoms with van der Waals surface area (Å²) in [5.41, 5.74) is 3.12. The van der Waals surface area contributed by atoms with Crippen LogP contribution in [0.4, 0.5) is 0 Å². The quantitative estimate of drug-likeness (QED) is 0.305. The van der Waals surface area contributed by atoms with Crippen LogP contribution in [0, 0.1) is 21.8 Å². The first-order chi connectivity index (χ1) is 12.8. The molecule has 27 heavy (non-hydrogen) atoms. The highest BCUT2D eigenvalue weighted by Gasteiger charge is 2.13. The zero-order chi connectivity index (χ0) is 20.0. The molecule has 0 fully saturated rings. The number of halogens is 2. The second kappa shape index (κ2) is 9.90. The largest absolute Gasteiger partial charge is 0.487 e. The van der Waals surface area contributed by atoms with E-state index >= 15 is 0 Å². The van der Waals surface area contributed by atoms with Gasteiger partial charge in [0, 0.05) is 6.04 Å². The topological polar surface area (TPSA) is 62.1 Å². The van der Waals surface area contributed by atoms with Crippen LogP contribution >= 0.6 is 38.5 Å². The molecule has 2 aromatic rings. The Morgan fingerprint density at radius 1 is 1.33 bits per heavy atom. The molecule has 0 aliphatic rings. The van der Waals surface area contributed by atoms with Crippen molar-refractivity contribution in [1.82, 2.24) is 5.32 Å². The maximum absolute atomic E-state index is 12.1. The number of rotatable bonds is 6. The van der Waals surface area contributed by atoms with E-state index in [-0.39, 0.29) is 17.5 Å². The third kappa shape index (κ3) is 6.36. The maximum Gasteiger partial charge on any atom is 0.262 e. The van der Waals surface area contributed by atoms with Gasteiger partial charge in [0.15, 0.2) is 0 Å². The van der Waals surface area contributed by atoms with Gasteiger partial charge in [-0.05, 0) is 88.6 Å². The molecule has 0 unspecified atom stereocenters. The van der Waals surface area contributed by atoms with Crippen LogP contribution in [0.3, 0.4) is 0 Å². The van der Waals surface area contributed by atoms with Crippen molar-refractivity contribution in [2.45, 2.75) is 33.4 Å². The first kappa shape index (κ1) is 21.5. The number of nitrogens with zero attached hydrogens (tertiary/aromatic N) is 1. The van der Waals surface area contributed by atoms with E-state index < -0.39 is 0 Å². The molecule has 1 N–H and O–H groups in total. The Kier molecular flexibility index (Phi) is 7.87. The summed E-state index contributed by atoms with van der Waals surface area (Å²) in [6.07, 6.45) is 1.58. The van der Waals surface area contributed by atoms with Crippen LogP contribution in [0.1, 0.15) is 30.5 Å². The van der Waals surface area contributed by atoms with Crippen molar-refractivity contribution in [2.75, 3.05) is 0 Å². The van der Waals surface area contributed by atoms with E-state index in [9.17, 15) is 10.1 Å². The van der Waals surface area contributed by atoms with Crippen molar-refractivity contribution in [2.24, 2.45) is 0 Å². The normalized spacial score (nSPS) is 11.2. The van der Waals surface area contributed by atoms with Crippen LogP contribution in [0.2, 0.25) is 0 Å². The second-order valence-corrected chi connectivity index (χ2v) is 8.40. The predicted molar refractivity (Wildman–Crippen MR) is 119 cm³/mol. The SMILES string of the molecule is Cc1ccc(COc2c(Br)cc(/C=C(/C#N)C(=O)NC(C)C)cc2I)cc1. The van der Waals surface area contributed by atoms with Gasteiger partial charge in [0.05, 0.1) is 8.04 Å². The van der Waals surface area contributed by atoms with E-state index in [1.807, 2.05) is 51.1 Å². The number of carbonyl (C=O) groups excluding carboxylic acids is 1. The number of hydrogen-bond donors (Lipinski definition) is 1. The van der Waals surface area contributed by atoms with Gasteiger partial charge in [0.1, 0.15) is 24.0 Å². The molecule has 1 amide bonds. The summed E-state index contributed by atoms with van der Waals surface area (Å²) in [6.45, 7) is 6.22. The standard InChI is InChI=1S/C21H20BrIN2O2/c1-13(2)25-21(26)17(11-24)8-16-9-18(22)20(19(23)10-16)27-12-15-6-4-14(3)5-7-15/h4-10,13H,12H2,1-3H3,(H,25,26)/b17-8-. The molecule has 0 saturated carbocycles. The van der Waals surface area contributed by atoms with E-state index in [0.717, 1.165) is 24.9 Å². The van der Waals surface area contributed by atoms with Crippen LogP contribution in [-0.2, 0) is 11.4 Å². The van der Waals surface area contributed by atoms with Crippen LogP contribution in [0.15, 0.2) is 46.4 Å². The fourth-order valence-electron chi connectivity index (χ4n) is 2.30. The number of hydrogen-bond acceptors (Lipinski definition) is 3. The zero-order valence-electron chi connectivity index (χ0n) is 15.3. The molecular weight excluding hydrogens is 519 g/mol. The van der Waals surface area contributed by atoms with E-state index in [0.29, 0.717) is 6.61 Å². The Hall–Kier alpha value is -1.85. The van der Waals surface area contributed by atoms with Crippen LogP contribution in [0.5, 0.6) is 5.75 Å². The first-order valence-electron chi connectivity index (χ1n) is 8.40. The number of nitrogens with one attached hydrogen (secondary N) is 1. The number of nitriles is 1. The molecule has 0 spiro atoms. The molecule has 2 rings (SSSR count). The third-order valence-electron chi connectivity index (χ3n) is 3.62. The van der Waals surface area contributed by atoms with E-state index in [1.54, 1.807) is 6.08 Å². The Balaban J connectivity index is 2.20. The minimum Gasteiger partial charge on any atom is -0.487 e. The predicted octanol–water partition coefficient (Wildman–Crippen LogP) is 5.37. The van der Waals surface area contributed by atoms with Gasteiger partial charge < -0.3 is 10.1 Å². The summed E-state index contributed by atoms with van der Waals surface area (Å²) in [5, 5.41) is 12.0. The van der Waals surface area contributed by atoms with Crippen molar-refractivity contribution in [3.8, 4) is 11.8 Å². The summed E-state index contributed by atoms with van der Waals surface area (Å²) in [5.74, 6) is 0.358. The smallest absolute Gasteiger partial charge is 0.262 e. The van der Waals surface area contributed by atoms with Crippen molar-refractivity contribution in [3.63, 3.8) is 0 Å². The van der Waals surface area contributed by atoms with Crippen molar-refractivity contribution >= 4 is 50.5 Å². The molecule has 0 radical (unpaired) electrons. The minimum absolute atomic E-state index is 0.0290. The Bertz CT molecular complexity index is 876. The number of aryl methyl sites for hydroxylation is 1. The van der Waals surface area contributed by atoms with Crippen LogP contribution in [0.25, 0.3) is 6.08 Å². The average molecular weight is 539 g/mol. The van der Waals surface area contributed by atoms with Gasteiger partial charge in [-0.2, -0.15) is 5.26 Å². The Morgan fingerprint density at radius 3 is 2.56 bits per heavy atom. The fourth-order valence-corrected chi connectivity index (χ4v) is 4.06. The summed E-state index contributed by atoms with van der Waals surface area (Å²) in [7, 11) is 0. The van der Waals surface area contributed by atoms with Crippen molar-refractivity contribution in [1.29, 1.82) is 5.26 Å². The third-order valence-corrected chi connectivity index (χ3v) is 5.01. The molecule has 0 saturated heterocycles. The molecule has 0 heterocycles. The Labute approximate surface area is 181 Å². The lowest BCUT2D eigenvalue weighted by Gasteiger charge is -2.12. The van der Waals surface area contributed by atoms with Gasteiger partial charge in [-0.25, -0.2) is 0 Å². The summed E-state index contributed by atoms with van der Waals surface area (Å²) in [6, 6.07) is 13.8. The Morgan fingerprint density at radius 2 is 2.00 bits per heavy atom. The summed E-state index contributed by atoms with van der Waals surface area (Å²) < 4.78 is 7.62. The highest BCUT2D eigenvalue weighted by molar-refractivity contribution is 14.1. The minimum atomic E-state index is -0.377. The van der Waals surface area contributed by atoms with E-state index in [1.165, 1.54) is 5.56 Å². The van der Waals surface area contributed by atoms with Gasteiger partial charge >= 0.3 is 0 Å². The summed E-state index contributed by atoms with van der Waals surface area (Å²) >= 11 is 5.72. The molecule has 0 aromatic heterocycles. The fraction of sp³-hybridized carbons (Fsp3) is 0.238. The monoisotopic (exact) mass is 538 g/mol. The molecule has 2 aromatic carbocycles. The van der Waals surface area contributed by atoms with Crippen LogP contribution < -0.4 is 10.1 Å². The molecule has 6 heteroatoms. The molecular formula is C21H20BrIN2O2. The number of benzene rings is 2. The van der Waals surface area contributed by atoms with Gasteiger partial charge in [-0.1, -0.05) is 29.8 Å². The summed E-state index contributed by atoms with van der Waals surface area (Å²) in [4.78, 5) is 12.1. The molecule has 4 nitrogen and oxygen atoms in total. The van der Waals surface area contributed by atoms with E-state index in [4.69, 9.17) is 4.74 Å². The highest BCUT2D eigenvalue weighted by atomic mass is 127.